The first-order chi connectivity index (χ1) is 13.2. The smallest absolute Gasteiger partial charge is 0.417 e. The standard InChI is InChI=1S/C22H22BrNO4/c1-22(2,3)28-21(27)24(20(26)14-8-5-4-6-9-14)18-13-17(18)19(25)15-10-7-11-16(23)12-15/h4-12,17-18H,13H2,1-3H3. The van der Waals surface area contributed by atoms with Crippen molar-refractivity contribution in [3.63, 3.8) is 0 Å². The molecule has 1 aliphatic carbocycles. The molecule has 2 unspecified atom stereocenters. The van der Waals surface area contributed by atoms with Crippen LogP contribution in [0.15, 0.2) is 59.1 Å². The van der Waals surface area contributed by atoms with E-state index in [4.69, 9.17) is 4.74 Å². The van der Waals surface area contributed by atoms with Crippen LogP contribution in [0.5, 0.6) is 0 Å². The Morgan fingerprint density at radius 2 is 1.64 bits per heavy atom. The van der Waals surface area contributed by atoms with Crippen molar-refractivity contribution in [3.05, 3.63) is 70.2 Å². The molecule has 1 fully saturated rings. The Kier molecular flexibility index (Phi) is 5.70. The summed E-state index contributed by atoms with van der Waals surface area (Å²) in [5, 5.41) is 0. The molecule has 5 nitrogen and oxygen atoms in total. The molecule has 2 atom stereocenters. The zero-order chi connectivity index (χ0) is 20.5. The van der Waals surface area contributed by atoms with Gasteiger partial charge in [-0.1, -0.05) is 46.3 Å². The highest BCUT2D eigenvalue weighted by Gasteiger charge is 2.52. The van der Waals surface area contributed by atoms with Gasteiger partial charge in [0.25, 0.3) is 5.91 Å². The monoisotopic (exact) mass is 443 g/mol. The summed E-state index contributed by atoms with van der Waals surface area (Å²) < 4.78 is 6.25. The summed E-state index contributed by atoms with van der Waals surface area (Å²) in [5.74, 6) is -0.959. The topological polar surface area (TPSA) is 63.7 Å². The lowest BCUT2D eigenvalue weighted by Gasteiger charge is -2.26. The fourth-order valence-corrected chi connectivity index (χ4v) is 3.40. The zero-order valence-electron chi connectivity index (χ0n) is 16.0. The Morgan fingerprint density at radius 1 is 1.00 bits per heavy atom. The largest absolute Gasteiger partial charge is 0.443 e. The molecule has 28 heavy (non-hydrogen) atoms. The number of nitrogens with zero attached hydrogens (tertiary/aromatic N) is 1. The number of carbonyl (C=O) groups is 3. The van der Waals surface area contributed by atoms with E-state index >= 15 is 0 Å². The summed E-state index contributed by atoms with van der Waals surface area (Å²) >= 11 is 3.36. The number of hydrogen-bond donors (Lipinski definition) is 0. The van der Waals surface area contributed by atoms with E-state index in [-0.39, 0.29) is 5.78 Å². The zero-order valence-corrected chi connectivity index (χ0v) is 17.6. The summed E-state index contributed by atoms with van der Waals surface area (Å²) in [5.41, 5.74) is 0.192. The molecule has 2 amide bonds. The number of ether oxygens (including phenoxy) is 1. The van der Waals surface area contributed by atoms with E-state index in [1.165, 1.54) is 0 Å². The molecule has 2 aromatic rings. The number of hydrogen-bond acceptors (Lipinski definition) is 4. The SMILES string of the molecule is CC(C)(C)OC(=O)N(C(=O)c1ccccc1)C1CC1C(=O)c1cccc(Br)c1. The van der Waals surface area contributed by atoms with Gasteiger partial charge >= 0.3 is 6.09 Å². The fraction of sp³-hybridized carbons (Fsp3) is 0.318. The van der Waals surface area contributed by atoms with Gasteiger partial charge in [-0.05, 0) is 51.5 Å². The van der Waals surface area contributed by atoms with E-state index in [2.05, 4.69) is 15.9 Å². The van der Waals surface area contributed by atoms with Crippen molar-refractivity contribution in [3.8, 4) is 0 Å². The molecule has 6 heteroatoms. The van der Waals surface area contributed by atoms with Gasteiger partial charge in [0.15, 0.2) is 5.78 Å². The summed E-state index contributed by atoms with van der Waals surface area (Å²) in [4.78, 5) is 39.7. The molecule has 2 aromatic carbocycles. The third-order valence-electron chi connectivity index (χ3n) is 4.36. The van der Waals surface area contributed by atoms with Gasteiger partial charge in [0.1, 0.15) is 5.60 Å². The molecule has 0 spiro atoms. The quantitative estimate of drug-likeness (QED) is 0.616. The van der Waals surface area contributed by atoms with Gasteiger partial charge < -0.3 is 4.74 Å². The maximum absolute atomic E-state index is 13.0. The molecule has 0 N–H and O–H groups in total. The lowest BCUT2D eigenvalue weighted by molar-refractivity contribution is 0.0221. The van der Waals surface area contributed by atoms with Gasteiger partial charge in [-0.15, -0.1) is 0 Å². The summed E-state index contributed by atoms with van der Waals surface area (Å²) in [7, 11) is 0. The number of Topliss-reactive ketones (excluding diaryl/α,β-unsaturated/α-hetero) is 1. The van der Waals surface area contributed by atoms with Crippen LogP contribution in [0.3, 0.4) is 0 Å². The van der Waals surface area contributed by atoms with Gasteiger partial charge in [-0.25, -0.2) is 9.69 Å². The summed E-state index contributed by atoms with van der Waals surface area (Å²) in [6.07, 6.45) is -0.292. The molecule has 0 heterocycles. The average molecular weight is 444 g/mol. The Bertz CT molecular complexity index is 904. The highest BCUT2D eigenvalue weighted by atomic mass is 79.9. The van der Waals surface area contributed by atoms with E-state index in [0.717, 1.165) is 9.37 Å². The molecule has 1 saturated carbocycles. The van der Waals surface area contributed by atoms with Crippen molar-refractivity contribution in [2.45, 2.75) is 38.8 Å². The summed E-state index contributed by atoms with van der Waals surface area (Å²) in [6.45, 7) is 5.23. The van der Waals surface area contributed by atoms with Crippen LogP contribution in [0, 0.1) is 5.92 Å². The highest BCUT2D eigenvalue weighted by Crippen LogP contribution is 2.40. The second kappa shape index (κ2) is 7.87. The van der Waals surface area contributed by atoms with Crippen molar-refractivity contribution in [1.82, 2.24) is 4.90 Å². The van der Waals surface area contributed by atoms with Crippen molar-refractivity contribution in [1.29, 1.82) is 0 Å². The van der Waals surface area contributed by atoms with Crippen molar-refractivity contribution in [2.24, 2.45) is 5.92 Å². The molecule has 0 saturated heterocycles. The van der Waals surface area contributed by atoms with E-state index in [0.29, 0.717) is 17.5 Å². The van der Waals surface area contributed by atoms with Crippen LogP contribution in [0.25, 0.3) is 0 Å². The summed E-state index contributed by atoms with van der Waals surface area (Å²) in [6, 6.07) is 15.2. The van der Waals surface area contributed by atoms with E-state index in [1.54, 1.807) is 69.3 Å². The molecule has 0 radical (unpaired) electrons. The van der Waals surface area contributed by atoms with Crippen LogP contribution < -0.4 is 0 Å². The van der Waals surface area contributed by atoms with Crippen LogP contribution in [0.1, 0.15) is 47.9 Å². The molecular weight excluding hydrogens is 422 g/mol. The predicted molar refractivity (Wildman–Crippen MR) is 109 cm³/mol. The van der Waals surface area contributed by atoms with Crippen LogP contribution in [-0.2, 0) is 4.74 Å². The number of benzene rings is 2. The third-order valence-corrected chi connectivity index (χ3v) is 4.86. The third kappa shape index (κ3) is 4.68. The Hall–Kier alpha value is -2.47. The maximum atomic E-state index is 13.0. The Labute approximate surface area is 172 Å². The van der Waals surface area contributed by atoms with Crippen LogP contribution in [0.4, 0.5) is 4.79 Å². The first-order valence-corrected chi connectivity index (χ1v) is 9.88. The molecule has 0 aromatic heterocycles. The second-order valence-corrected chi connectivity index (χ2v) is 8.72. The van der Waals surface area contributed by atoms with Crippen molar-refractivity contribution < 1.29 is 19.1 Å². The molecule has 0 aliphatic heterocycles. The molecule has 0 bridgehead atoms. The maximum Gasteiger partial charge on any atom is 0.417 e. The molecule has 3 rings (SSSR count). The minimum absolute atomic E-state index is 0.0827. The Balaban J connectivity index is 1.85. The number of amides is 2. The van der Waals surface area contributed by atoms with Crippen molar-refractivity contribution in [2.75, 3.05) is 0 Å². The fourth-order valence-electron chi connectivity index (χ4n) is 3.00. The number of imide groups is 1. The minimum atomic E-state index is -0.745. The molecule has 1 aliphatic rings. The predicted octanol–water partition coefficient (Wildman–Crippen LogP) is 5.10. The lowest BCUT2D eigenvalue weighted by Crippen LogP contribution is -2.43. The van der Waals surface area contributed by atoms with E-state index in [1.807, 2.05) is 6.07 Å². The van der Waals surface area contributed by atoms with Gasteiger partial charge in [-0.2, -0.15) is 0 Å². The normalized spacial score (nSPS) is 18.3. The van der Waals surface area contributed by atoms with Gasteiger partial charge in [-0.3, -0.25) is 9.59 Å². The molecular formula is C22H22BrNO4. The first kappa shape index (κ1) is 20.3. The average Bonchev–Trinajstić information content (AvgIpc) is 3.40. The second-order valence-electron chi connectivity index (χ2n) is 7.81. The highest BCUT2D eigenvalue weighted by molar-refractivity contribution is 9.10. The van der Waals surface area contributed by atoms with Crippen LogP contribution in [-0.4, -0.2) is 34.3 Å². The number of halogens is 1. The minimum Gasteiger partial charge on any atom is -0.443 e. The lowest BCUT2D eigenvalue weighted by atomic mass is 10.1. The number of rotatable bonds is 4. The van der Waals surface area contributed by atoms with E-state index in [9.17, 15) is 14.4 Å². The molecule has 146 valence electrons. The van der Waals surface area contributed by atoms with Gasteiger partial charge in [0.2, 0.25) is 0 Å². The first-order valence-electron chi connectivity index (χ1n) is 9.09. The van der Waals surface area contributed by atoms with Crippen LogP contribution >= 0.6 is 15.9 Å². The van der Waals surface area contributed by atoms with E-state index < -0.39 is 29.6 Å². The van der Waals surface area contributed by atoms with Gasteiger partial charge in [0.05, 0.1) is 6.04 Å². The van der Waals surface area contributed by atoms with Crippen LogP contribution in [0.2, 0.25) is 0 Å². The van der Waals surface area contributed by atoms with Gasteiger partial charge in [0, 0.05) is 21.5 Å². The number of ketones is 1. The Morgan fingerprint density at radius 3 is 2.25 bits per heavy atom. The number of carbonyl (C=O) groups excluding carboxylic acids is 3. The van der Waals surface area contributed by atoms with Crippen molar-refractivity contribution >= 4 is 33.7 Å².